The van der Waals surface area contributed by atoms with Crippen molar-refractivity contribution < 1.29 is 10.2 Å². The lowest BCUT2D eigenvalue weighted by atomic mass is 9.65. The van der Waals surface area contributed by atoms with Crippen LogP contribution >= 0.6 is 0 Å². The zero-order chi connectivity index (χ0) is 22.5. The number of unbranched alkanes of at least 4 members (excludes halogenated alkanes) is 1. The predicted molar refractivity (Wildman–Crippen MR) is 128 cm³/mol. The highest BCUT2D eigenvalue weighted by Crippen LogP contribution is 2.51. The minimum Gasteiger partial charge on any atom is -0.392 e. The molecule has 1 aromatic carbocycles. The van der Waals surface area contributed by atoms with Crippen LogP contribution in [0, 0.1) is 19.8 Å². The fourth-order valence-corrected chi connectivity index (χ4v) is 5.84. The van der Waals surface area contributed by atoms with E-state index >= 15 is 0 Å². The third-order valence-corrected chi connectivity index (χ3v) is 7.73. The minimum atomic E-state index is -0.587. The van der Waals surface area contributed by atoms with Crippen LogP contribution in [0.3, 0.4) is 0 Å². The van der Waals surface area contributed by atoms with Gasteiger partial charge in [0.25, 0.3) is 0 Å². The number of fused-ring (bicyclic) bond motifs is 1. The number of benzene rings is 1. The first-order valence-electron chi connectivity index (χ1n) is 11.9. The molecular formula is C27H38N2O2. The van der Waals surface area contributed by atoms with Gasteiger partial charge in [-0.05, 0) is 49.4 Å². The summed E-state index contributed by atoms with van der Waals surface area (Å²) in [7, 11) is 0. The van der Waals surface area contributed by atoms with E-state index in [0.29, 0.717) is 0 Å². The second kappa shape index (κ2) is 8.14. The number of aliphatic hydroxyl groups excluding tert-OH is 2. The fourth-order valence-electron chi connectivity index (χ4n) is 5.84. The number of allylic oxidation sites excluding steroid dienone is 1. The molecule has 2 unspecified atom stereocenters. The van der Waals surface area contributed by atoms with Crippen molar-refractivity contribution in [1.29, 1.82) is 0 Å². The molecule has 0 saturated heterocycles. The first kappa shape index (κ1) is 22.2. The van der Waals surface area contributed by atoms with Gasteiger partial charge in [-0.3, -0.25) is 0 Å². The second-order valence-electron chi connectivity index (χ2n) is 9.90. The molecule has 2 heterocycles. The van der Waals surface area contributed by atoms with Crippen LogP contribution in [0.15, 0.2) is 36.0 Å². The number of aliphatic hydroxyl groups is 2. The molecule has 4 nitrogen and oxygen atoms in total. The largest absolute Gasteiger partial charge is 0.392 e. The van der Waals surface area contributed by atoms with Crippen LogP contribution in [-0.2, 0) is 11.8 Å². The molecule has 3 N–H and O–H groups in total. The van der Waals surface area contributed by atoms with Crippen molar-refractivity contribution >= 4 is 5.69 Å². The molecule has 2 aromatic rings. The van der Waals surface area contributed by atoms with Crippen molar-refractivity contribution in [2.45, 2.75) is 84.3 Å². The van der Waals surface area contributed by atoms with Crippen molar-refractivity contribution in [2.75, 3.05) is 11.4 Å². The first-order valence-corrected chi connectivity index (χ1v) is 11.9. The van der Waals surface area contributed by atoms with Gasteiger partial charge < -0.3 is 20.1 Å². The van der Waals surface area contributed by atoms with Crippen molar-refractivity contribution in [3.63, 3.8) is 0 Å². The molecule has 2 aliphatic rings. The molecule has 2 atom stereocenters. The Hall–Kier alpha value is -2.04. The van der Waals surface area contributed by atoms with E-state index in [2.05, 4.69) is 81.8 Å². The zero-order valence-corrected chi connectivity index (χ0v) is 19.9. The summed E-state index contributed by atoms with van der Waals surface area (Å²) < 4.78 is 0. The number of aromatic amines is 1. The summed E-state index contributed by atoms with van der Waals surface area (Å²) in [5.74, 6) is -0.511. The lowest BCUT2D eigenvalue weighted by Gasteiger charge is -2.46. The summed E-state index contributed by atoms with van der Waals surface area (Å²) in [5, 5.41) is 22.3. The monoisotopic (exact) mass is 422 g/mol. The zero-order valence-electron chi connectivity index (χ0n) is 19.9. The number of nitrogens with one attached hydrogen (secondary N) is 1. The van der Waals surface area contributed by atoms with Gasteiger partial charge in [-0.2, -0.15) is 0 Å². The van der Waals surface area contributed by atoms with Crippen LogP contribution < -0.4 is 4.90 Å². The molecule has 1 saturated carbocycles. The molecule has 1 aliphatic heterocycles. The number of hydrogen-bond donors (Lipinski definition) is 3. The van der Waals surface area contributed by atoms with Gasteiger partial charge in [0.1, 0.15) is 0 Å². The highest BCUT2D eigenvalue weighted by Gasteiger charge is 2.51. The van der Waals surface area contributed by atoms with E-state index in [1.165, 1.54) is 28.1 Å². The van der Waals surface area contributed by atoms with Gasteiger partial charge in [0.2, 0.25) is 0 Å². The van der Waals surface area contributed by atoms with E-state index in [1.54, 1.807) is 0 Å². The van der Waals surface area contributed by atoms with E-state index in [-0.39, 0.29) is 17.3 Å². The van der Waals surface area contributed by atoms with E-state index in [9.17, 15) is 10.2 Å². The summed E-state index contributed by atoms with van der Waals surface area (Å²) in [6.45, 7) is 14.0. The van der Waals surface area contributed by atoms with Gasteiger partial charge in [-0.15, -0.1) is 0 Å². The number of H-pyrrole nitrogens is 1. The molecule has 1 aromatic heterocycles. The van der Waals surface area contributed by atoms with Crippen LogP contribution in [0.5, 0.6) is 0 Å². The van der Waals surface area contributed by atoms with Crippen LogP contribution in [0.1, 0.15) is 74.5 Å². The minimum absolute atomic E-state index is 0.150. The number of anilines is 1. The van der Waals surface area contributed by atoms with Crippen LogP contribution in [0.2, 0.25) is 0 Å². The maximum absolute atomic E-state index is 11.2. The maximum Gasteiger partial charge on any atom is 0.0736 e. The highest BCUT2D eigenvalue weighted by atomic mass is 16.3. The molecule has 1 fully saturated rings. The average molecular weight is 423 g/mol. The van der Waals surface area contributed by atoms with Crippen LogP contribution in [0.25, 0.3) is 0 Å². The van der Waals surface area contributed by atoms with Crippen LogP contribution in [0.4, 0.5) is 5.69 Å². The molecule has 4 heteroatoms. The van der Waals surface area contributed by atoms with Crippen molar-refractivity contribution in [3.8, 4) is 0 Å². The normalized spacial score (nSPS) is 28.1. The number of aromatic nitrogens is 1. The van der Waals surface area contributed by atoms with Crippen LogP contribution in [-0.4, -0.2) is 33.9 Å². The Morgan fingerprint density at radius 3 is 2.39 bits per heavy atom. The average Bonchev–Trinajstić information content (AvgIpc) is 3.14. The second-order valence-corrected chi connectivity index (χ2v) is 9.90. The first-order chi connectivity index (χ1) is 14.7. The fraction of sp³-hybridized carbons (Fsp3) is 0.556. The lowest BCUT2D eigenvalue weighted by Crippen LogP contribution is -2.53. The molecule has 4 rings (SSSR count). The summed E-state index contributed by atoms with van der Waals surface area (Å²) in [6.07, 6.45) is 4.19. The molecule has 0 spiro atoms. The highest BCUT2D eigenvalue weighted by molar-refractivity contribution is 5.70. The van der Waals surface area contributed by atoms with Gasteiger partial charge in [-0.25, -0.2) is 0 Å². The number of para-hydroxylation sites is 1. The van der Waals surface area contributed by atoms with Crippen molar-refractivity contribution in [3.05, 3.63) is 64.1 Å². The van der Waals surface area contributed by atoms with Gasteiger partial charge in [0.15, 0.2) is 0 Å². The topological polar surface area (TPSA) is 59.5 Å². The van der Waals surface area contributed by atoms with E-state index < -0.39 is 12.2 Å². The Morgan fingerprint density at radius 1 is 1.10 bits per heavy atom. The Bertz CT molecular complexity index is 977. The standard InChI is InChI=1S/C27H38N2O2/c1-7-9-14-29-21-13-11-10-12-20(21)27(5,6)22(29)15-19-25(30)23(26(19)31)24-16(3)18(8-2)17(4)28-24/h10-13,15,19,23,25-26,28,30-31H,7-9,14H2,1-6H3. The van der Waals surface area contributed by atoms with Crippen molar-refractivity contribution in [1.82, 2.24) is 4.98 Å². The Balaban J connectivity index is 1.67. The number of hydrogen-bond acceptors (Lipinski definition) is 3. The molecular weight excluding hydrogens is 384 g/mol. The van der Waals surface area contributed by atoms with E-state index in [1.807, 2.05) is 0 Å². The molecule has 0 bridgehead atoms. The van der Waals surface area contributed by atoms with Gasteiger partial charge in [0.05, 0.1) is 18.1 Å². The summed E-state index contributed by atoms with van der Waals surface area (Å²) >= 11 is 0. The Kier molecular flexibility index (Phi) is 5.82. The number of rotatable bonds is 6. The summed E-state index contributed by atoms with van der Waals surface area (Å²) in [4.78, 5) is 5.86. The Morgan fingerprint density at radius 2 is 1.77 bits per heavy atom. The SMILES string of the molecule is CCCCN1C(=CC2C(O)C(c3[nH]c(C)c(CC)c3C)C2O)C(C)(C)c2ccccc21. The maximum atomic E-state index is 11.2. The third kappa shape index (κ3) is 3.35. The van der Waals surface area contributed by atoms with E-state index in [0.717, 1.165) is 37.2 Å². The van der Waals surface area contributed by atoms with Crippen molar-refractivity contribution in [2.24, 2.45) is 5.92 Å². The molecule has 168 valence electrons. The summed E-state index contributed by atoms with van der Waals surface area (Å²) in [5.41, 5.74) is 8.27. The Labute approximate surface area is 187 Å². The van der Waals surface area contributed by atoms with Gasteiger partial charge >= 0.3 is 0 Å². The predicted octanol–water partition coefficient (Wildman–Crippen LogP) is 5.11. The quantitative estimate of drug-likeness (QED) is 0.606. The van der Waals surface area contributed by atoms with Gasteiger partial charge in [0, 0.05) is 40.6 Å². The van der Waals surface area contributed by atoms with Gasteiger partial charge in [-0.1, -0.05) is 58.4 Å². The third-order valence-electron chi connectivity index (χ3n) is 7.73. The number of aryl methyl sites for hydroxylation is 1. The molecule has 31 heavy (non-hydrogen) atoms. The smallest absolute Gasteiger partial charge is 0.0736 e. The molecule has 0 radical (unpaired) electrons. The molecule has 0 amide bonds. The van der Waals surface area contributed by atoms with E-state index in [4.69, 9.17) is 0 Å². The molecule has 1 aliphatic carbocycles. The number of nitrogens with zero attached hydrogens (tertiary/aromatic N) is 1. The lowest BCUT2D eigenvalue weighted by molar-refractivity contribution is -0.0961. The summed E-state index contributed by atoms with van der Waals surface area (Å²) in [6, 6.07) is 8.61.